The van der Waals surface area contributed by atoms with E-state index in [0.717, 1.165) is 11.3 Å². The van der Waals surface area contributed by atoms with Crippen LogP contribution in [0.4, 0.5) is 11.4 Å². The van der Waals surface area contributed by atoms with Crippen molar-refractivity contribution in [2.45, 2.75) is 6.92 Å². The van der Waals surface area contributed by atoms with Crippen LogP contribution in [-0.2, 0) is 0 Å². The average Bonchev–Trinajstić information content (AvgIpc) is 2.42. The van der Waals surface area contributed by atoms with E-state index in [4.69, 9.17) is 21.6 Å². The van der Waals surface area contributed by atoms with E-state index < -0.39 is 0 Å². The molecule has 0 atom stereocenters. The topological polar surface area (TPSA) is 45.0 Å². The van der Waals surface area contributed by atoms with Crippen molar-refractivity contribution in [3.05, 3.63) is 52.5 Å². The Hall–Kier alpha value is -2.18. The van der Waals surface area contributed by atoms with Crippen LogP contribution >= 0.6 is 11.6 Å². The largest absolute Gasteiger partial charge is 0.497 e. The molecule has 0 amide bonds. The quantitative estimate of drug-likeness (QED) is 0.907. The molecule has 2 rings (SSSR count). The van der Waals surface area contributed by atoms with Crippen molar-refractivity contribution in [3.63, 3.8) is 0 Å². The number of ether oxygens (including phenoxy) is 1. The molecule has 2 aromatic carbocycles. The molecule has 0 aliphatic heterocycles. The fraction of sp³-hybridized carbons (Fsp3) is 0.133. The van der Waals surface area contributed by atoms with Crippen molar-refractivity contribution in [2.75, 3.05) is 12.4 Å². The number of hydrogen-bond donors (Lipinski definition) is 1. The molecule has 2 aromatic rings. The van der Waals surface area contributed by atoms with Crippen LogP contribution in [-0.4, -0.2) is 7.11 Å². The van der Waals surface area contributed by atoms with Gasteiger partial charge in [0.2, 0.25) is 0 Å². The maximum Gasteiger partial charge on any atom is 0.121 e. The van der Waals surface area contributed by atoms with Gasteiger partial charge < -0.3 is 10.1 Å². The summed E-state index contributed by atoms with van der Waals surface area (Å²) in [5, 5.41) is 12.9. The van der Waals surface area contributed by atoms with Gasteiger partial charge >= 0.3 is 0 Å². The van der Waals surface area contributed by atoms with Gasteiger partial charge in [-0.15, -0.1) is 0 Å². The second-order valence-electron chi connectivity index (χ2n) is 4.13. The van der Waals surface area contributed by atoms with Crippen LogP contribution in [0.1, 0.15) is 11.1 Å². The summed E-state index contributed by atoms with van der Waals surface area (Å²) in [6.45, 7) is 1.98. The van der Waals surface area contributed by atoms with Crippen molar-refractivity contribution in [3.8, 4) is 11.8 Å². The van der Waals surface area contributed by atoms with Gasteiger partial charge in [-0.2, -0.15) is 5.26 Å². The molecule has 0 fully saturated rings. The van der Waals surface area contributed by atoms with Crippen molar-refractivity contribution >= 4 is 23.0 Å². The number of nitrogens with zero attached hydrogens (tertiary/aromatic N) is 1. The van der Waals surface area contributed by atoms with Crippen molar-refractivity contribution in [2.24, 2.45) is 0 Å². The number of methoxy groups -OCH3 is 1. The van der Waals surface area contributed by atoms with E-state index >= 15 is 0 Å². The fourth-order valence-electron chi connectivity index (χ4n) is 1.73. The van der Waals surface area contributed by atoms with Gasteiger partial charge in [-0.3, -0.25) is 0 Å². The van der Waals surface area contributed by atoms with Gasteiger partial charge in [0, 0.05) is 6.07 Å². The third-order valence-electron chi connectivity index (χ3n) is 2.74. The molecule has 0 aliphatic rings. The Morgan fingerprint density at radius 1 is 1.16 bits per heavy atom. The van der Waals surface area contributed by atoms with Crippen molar-refractivity contribution in [1.29, 1.82) is 5.26 Å². The predicted molar refractivity (Wildman–Crippen MR) is 77.2 cm³/mol. The molecule has 0 aromatic heterocycles. The zero-order chi connectivity index (χ0) is 13.8. The molecule has 0 bridgehead atoms. The average molecular weight is 273 g/mol. The number of nitrogens with one attached hydrogen (secondary N) is 1. The lowest BCUT2D eigenvalue weighted by Gasteiger charge is -2.12. The third-order valence-corrected chi connectivity index (χ3v) is 3.07. The SMILES string of the molecule is COc1ccc(C#N)c(Nc2cc(C)ccc2Cl)c1. The van der Waals surface area contributed by atoms with E-state index in [1.807, 2.05) is 25.1 Å². The lowest BCUT2D eigenvalue weighted by atomic mass is 10.1. The fourth-order valence-corrected chi connectivity index (χ4v) is 1.90. The van der Waals surface area contributed by atoms with Gasteiger partial charge in [0.1, 0.15) is 11.8 Å². The van der Waals surface area contributed by atoms with Crippen LogP contribution in [0.2, 0.25) is 5.02 Å². The molecule has 0 aliphatic carbocycles. The zero-order valence-electron chi connectivity index (χ0n) is 10.7. The van der Waals surface area contributed by atoms with Crippen molar-refractivity contribution in [1.82, 2.24) is 0 Å². The van der Waals surface area contributed by atoms with Gasteiger partial charge in [0.05, 0.1) is 29.1 Å². The van der Waals surface area contributed by atoms with E-state index in [1.54, 1.807) is 25.3 Å². The lowest BCUT2D eigenvalue weighted by molar-refractivity contribution is 0.415. The lowest BCUT2D eigenvalue weighted by Crippen LogP contribution is -1.96. The Kier molecular flexibility index (Phi) is 3.94. The molecule has 96 valence electrons. The smallest absolute Gasteiger partial charge is 0.121 e. The molecule has 0 heterocycles. The number of rotatable bonds is 3. The van der Waals surface area contributed by atoms with Gasteiger partial charge in [-0.1, -0.05) is 17.7 Å². The van der Waals surface area contributed by atoms with Gasteiger partial charge in [0.15, 0.2) is 0 Å². The summed E-state index contributed by atoms with van der Waals surface area (Å²) in [5.74, 6) is 0.685. The first-order valence-electron chi connectivity index (χ1n) is 5.75. The number of hydrogen-bond acceptors (Lipinski definition) is 3. The molecule has 3 nitrogen and oxygen atoms in total. The second kappa shape index (κ2) is 5.64. The minimum absolute atomic E-state index is 0.540. The minimum Gasteiger partial charge on any atom is -0.497 e. The molecule has 0 saturated heterocycles. The summed E-state index contributed by atoms with van der Waals surface area (Å²) in [7, 11) is 1.59. The van der Waals surface area contributed by atoms with Crippen LogP contribution in [0.3, 0.4) is 0 Å². The summed E-state index contributed by atoms with van der Waals surface area (Å²) in [6.07, 6.45) is 0. The Morgan fingerprint density at radius 2 is 1.95 bits per heavy atom. The minimum atomic E-state index is 0.540. The molecule has 1 N–H and O–H groups in total. The van der Waals surface area contributed by atoms with E-state index in [-0.39, 0.29) is 0 Å². The Morgan fingerprint density at radius 3 is 2.63 bits per heavy atom. The first-order valence-corrected chi connectivity index (χ1v) is 6.13. The summed E-state index contributed by atoms with van der Waals surface area (Å²) in [6, 6.07) is 13.1. The summed E-state index contributed by atoms with van der Waals surface area (Å²) in [5.41, 5.74) is 3.08. The van der Waals surface area contributed by atoms with E-state index in [0.29, 0.717) is 22.0 Å². The van der Waals surface area contributed by atoms with Crippen LogP contribution in [0.15, 0.2) is 36.4 Å². The van der Waals surface area contributed by atoms with Crippen molar-refractivity contribution < 1.29 is 4.74 Å². The molecule has 0 unspecified atom stereocenters. The van der Waals surface area contributed by atoms with Gasteiger partial charge in [0.25, 0.3) is 0 Å². The van der Waals surface area contributed by atoms with E-state index in [9.17, 15) is 0 Å². The highest BCUT2D eigenvalue weighted by molar-refractivity contribution is 6.33. The highest BCUT2D eigenvalue weighted by Gasteiger charge is 2.07. The summed E-state index contributed by atoms with van der Waals surface area (Å²) in [4.78, 5) is 0. The summed E-state index contributed by atoms with van der Waals surface area (Å²) >= 11 is 6.14. The highest BCUT2D eigenvalue weighted by Crippen LogP contribution is 2.30. The van der Waals surface area contributed by atoms with E-state index in [2.05, 4.69) is 11.4 Å². The van der Waals surface area contributed by atoms with Gasteiger partial charge in [-0.05, 0) is 36.8 Å². The molecule has 0 spiro atoms. The number of anilines is 2. The van der Waals surface area contributed by atoms with Crippen LogP contribution in [0.5, 0.6) is 5.75 Å². The molecule has 0 saturated carbocycles. The predicted octanol–water partition coefficient (Wildman–Crippen LogP) is 4.27. The first-order chi connectivity index (χ1) is 9.13. The molecular formula is C15H13ClN2O. The van der Waals surface area contributed by atoms with Crippen LogP contribution < -0.4 is 10.1 Å². The molecule has 4 heteroatoms. The second-order valence-corrected chi connectivity index (χ2v) is 4.54. The molecular weight excluding hydrogens is 260 g/mol. The normalized spacial score (nSPS) is 9.79. The Bertz CT molecular complexity index is 647. The summed E-state index contributed by atoms with van der Waals surface area (Å²) < 4.78 is 5.16. The zero-order valence-corrected chi connectivity index (χ0v) is 11.5. The van der Waals surface area contributed by atoms with E-state index in [1.165, 1.54) is 0 Å². The number of halogens is 1. The standard InChI is InChI=1S/C15H13ClN2O/c1-10-3-6-13(16)15(7-10)18-14-8-12(19-2)5-4-11(14)9-17/h3-8,18H,1-2H3. The highest BCUT2D eigenvalue weighted by atomic mass is 35.5. The number of benzene rings is 2. The van der Waals surface area contributed by atoms with Crippen LogP contribution in [0.25, 0.3) is 0 Å². The molecule has 19 heavy (non-hydrogen) atoms. The maximum atomic E-state index is 9.12. The molecule has 0 radical (unpaired) electrons. The first kappa shape index (κ1) is 13.3. The third kappa shape index (κ3) is 2.98. The monoisotopic (exact) mass is 272 g/mol. The Balaban J connectivity index is 2.42. The number of nitriles is 1. The Labute approximate surface area is 117 Å². The maximum absolute atomic E-state index is 9.12. The van der Waals surface area contributed by atoms with Crippen LogP contribution in [0, 0.1) is 18.3 Å². The number of aryl methyl sites for hydroxylation is 1. The van der Waals surface area contributed by atoms with Gasteiger partial charge in [-0.25, -0.2) is 0 Å².